The van der Waals surface area contributed by atoms with Crippen molar-refractivity contribution in [3.63, 3.8) is 0 Å². The van der Waals surface area contributed by atoms with Gasteiger partial charge in [0.15, 0.2) is 0 Å². The molecule has 0 radical (unpaired) electrons. The van der Waals surface area contributed by atoms with E-state index < -0.39 is 20.2 Å². The van der Waals surface area contributed by atoms with Crippen molar-refractivity contribution in [1.82, 2.24) is 9.97 Å². The van der Waals surface area contributed by atoms with Crippen molar-refractivity contribution in [2.75, 3.05) is 0 Å². The first-order valence-electron chi connectivity index (χ1n) is 10.8. The molecule has 0 aliphatic rings. The van der Waals surface area contributed by atoms with Gasteiger partial charge in [0.2, 0.25) is 0 Å². The molecule has 0 fully saturated rings. The van der Waals surface area contributed by atoms with Gasteiger partial charge in [-0.15, -0.1) is 0 Å². The van der Waals surface area contributed by atoms with Gasteiger partial charge >= 0.3 is 59.1 Å². The van der Waals surface area contributed by atoms with Crippen LogP contribution < -0.4 is 59.1 Å². The predicted molar refractivity (Wildman–Crippen MR) is 137 cm³/mol. The Morgan fingerprint density at radius 3 is 1.15 bits per heavy atom. The molecule has 0 bridgehead atoms. The molecule has 2 heterocycles. The van der Waals surface area contributed by atoms with Gasteiger partial charge in [0.1, 0.15) is 20.2 Å². The number of pyridine rings is 2. The number of rotatable bonds is 4. The Morgan fingerprint density at radius 1 is 0.564 bits per heavy atom. The van der Waals surface area contributed by atoms with E-state index in [0.717, 1.165) is 44.4 Å². The Kier molecular flexibility index (Phi) is 10.7. The van der Waals surface area contributed by atoms with Gasteiger partial charge in [0.05, 0.1) is 20.8 Å². The molecule has 190 valence electrons. The number of aromatic nitrogens is 2. The molecule has 0 aliphatic heterocycles. The normalized spacial score (nSPS) is 11.4. The molecule has 0 saturated heterocycles. The fraction of sp³-hybridized carbons (Fsp3) is 0.0769. The molecular weight excluding hydrogens is 562 g/mol. The molecule has 5 rings (SSSR count). The van der Waals surface area contributed by atoms with Gasteiger partial charge in [-0.25, -0.2) is 16.8 Å². The van der Waals surface area contributed by atoms with Crippen molar-refractivity contribution in [2.24, 2.45) is 0 Å². The molecule has 2 N–H and O–H groups in total. The molecule has 0 unspecified atom stereocenters. The molecule has 5 aromatic rings. The molecule has 0 saturated carbocycles. The Bertz CT molecular complexity index is 1760. The zero-order chi connectivity index (χ0) is 25.8. The standard InChI is InChI=1S/C26H20N2O6S2.2Na.H2O/c1-15-13-23(17-3-7-19(8-4-17)35(29,30)31)21-11-12-22-24(14-16(2)28-26(22)25(21)27-15)18-5-9-20(10-6-18)36(32,33)34;;;/h3-14H,1-2H3,(H,29,30,31)(H,32,33,34);;;1H2/q;2*+1;/p-2. The molecule has 0 amide bonds. The molecule has 13 heteroatoms. The number of benzene rings is 3. The van der Waals surface area contributed by atoms with E-state index in [-0.39, 0.29) is 74.4 Å². The molecule has 0 spiro atoms. The van der Waals surface area contributed by atoms with Gasteiger partial charge in [-0.3, -0.25) is 9.97 Å². The third-order valence-corrected chi connectivity index (χ3v) is 7.62. The Balaban J connectivity index is 0.00000178. The fourth-order valence-corrected chi connectivity index (χ4v) is 5.25. The first-order chi connectivity index (χ1) is 16.9. The molecule has 39 heavy (non-hydrogen) atoms. The second kappa shape index (κ2) is 12.4. The maximum Gasteiger partial charge on any atom is 1.00 e. The van der Waals surface area contributed by atoms with Crippen LogP contribution in [0, 0.1) is 13.8 Å². The number of aryl methyl sites for hydroxylation is 2. The SMILES string of the molecule is Cc1cc(-c2ccc(S(=O)(=O)[O-])cc2)c2ccc3c(-c4ccc(S(=O)(=O)[O-])cc4)cc(C)nc3c2n1.O.[Na+].[Na+]. The Labute approximate surface area is 270 Å². The van der Waals surface area contributed by atoms with Gasteiger partial charge < -0.3 is 14.6 Å². The summed E-state index contributed by atoms with van der Waals surface area (Å²) in [7, 11) is -9.10. The van der Waals surface area contributed by atoms with E-state index in [1.165, 1.54) is 24.3 Å². The number of hydrogen-bond acceptors (Lipinski definition) is 8. The minimum atomic E-state index is -4.55. The van der Waals surface area contributed by atoms with Crippen LogP contribution in [0.25, 0.3) is 44.1 Å². The van der Waals surface area contributed by atoms with Crippen LogP contribution in [-0.4, -0.2) is 41.4 Å². The quantitative estimate of drug-likeness (QED) is 0.130. The monoisotopic (exact) mass is 582 g/mol. The van der Waals surface area contributed by atoms with Crippen LogP contribution in [0.1, 0.15) is 11.4 Å². The topological polar surface area (TPSA) is 172 Å². The molecule has 0 atom stereocenters. The maximum absolute atomic E-state index is 11.3. The van der Waals surface area contributed by atoms with E-state index in [0.29, 0.717) is 11.0 Å². The van der Waals surface area contributed by atoms with Gasteiger partial charge in [0, 0.05) is 22.2 Å². The number of nitrogens with zero attached hydrogens (tertiary/aromatic N) is 2. The van der Waals surface area contributed by atoms with E-state index in [2.05, 4.69) is 0 Å². The zero-order valence-corrected chi connectivity index (χ0v) is 27.2. The van der Waals surface area contributed by atoms with Crippen molar-refractivity contribution in [3.05, 3.63) is 84.2 Å². The average molecular weight is 583 g/mol. The van der Waals surface area contributed by atoms with Crippen LogP contribution in [-0.2, 0) is 20.2 Å². The molecule has 2 aromatic heterocycles. The second-order valence-corrected chi connectivity index (χ2v) is 11.2. The molecular formula is C26H20N2Na2O7S2. The zero-order valence-electron chi connectivity index (χ0n) is 21.6. The van der Waals surface area contributed by atoms with E-state index in [4.69, 9.17) is 9.97 Å². The summed E-state index contributed by atoms with van der Waals surface area (Å²) in [4.78, 5) is 8.88. The van der Waals surface area contributed by atoms with Gasteiger partial charge in [-0.2, -0.15) is 0 Å². The van der Waals surface area contributed by atoms with E-state index in [1.807, 2.05) is 38.1 Å². The van der Waals surface area contributed by atoms with Crippen LogP contribution in [0.2, 0.25) is 0 Å². The van der Waals surface area contributed by atoms with Crippen LogP contribution in [0.5, 0.6) is 0 Å². The van der Waals surface area contributed by atoms with Crippen molar-refractivity contribution >= 4 is 42.0 Å². The third kappa shape index (κ3) is 6.77. The van der Waals surface area contributed by atoms with Crippen LogP contribution >= 0.6 is 0 Å². The van der Waals surface area contributed by atoms with Crippen molar-refractivity contribution in [2.45, 2.75) is 23.6 Å². The number of fused-ring (bicyclic) bond motifs is 3. The Morgan fingerprint density at radius 2 is 0.872 bits per heavy atom. The van der Waals surface area contributed by atoms with Crippen LogP contribution in [0.15, 0.2) is 82.6 Å². The van der Waals surface area contributed by atoms with Crippen molar-refractivity contribution in [3.8, 4) is 22.3 Å². The summed E-state index contributed by atoms with van der Waals surface area (Å²) in [5.41, 5.74) is 5.80. The van der Waals surface area contributed by atoms with Crippen molar-refractivity contribution < 1.29 is 90.5 Å². The van der Waals surface area contributed by atoms with Crippen molar-refractivity contribution in [1.29, 1.82) is 0 Å². The van der Waals surface area contributed by atoms with Crippen LogP contribution in [0.3, 0.4) is 0 Å². The first-order valence-corrected chi connectivity index (χ1v) is 13.6. The molecule has 9 nitrogen and oxygen atoms in total. The second-order valence-electron chi connectivity index (χ2n) is 8.44. The van der Waals surface area contributed by atoms with Gasteiger partial charge in [0.25, 0.3) is 0 Å². The minimum Gasteiger partial charge on any atom is -0.744 e. The molecule has 0 aliphatic carbocycles. The minimum absolute atomic E-state index is 0. The van der Waals surface area contributed by atoms with E-state index in [9.17, 15) is 25.9 Å². The summed E-state index contributed by atoms with van der Waals surface area (Å²) in [6, 6.07) is 19.0. The summed E-state index contributed by atoms with van der Waals surface area (Å²) in [5.74, 6) is 0. The average Bonchev–Trinajstić information content (AvgIpc) is 2.82. The summed E-state index contributed by atoms with van der Waals surface area (Å²) in [6.45, 7) is 3.69. The summed E-state index contributed by atoms with van der Waals surface area (Å²) in [5, 5.41) is 1.59. The van der Waals surface area contributed by atoms with Crippen LogP contribution in [0.4, 0.5) is 0 Å². The molecule has 3 aromatic carbocycles. The summed E-state index contributed by atoms with van der Waals surface area (Å²) in [6.07, 6.45) is 0. The van der Waals surface area contributed by atoms with E-state index >= 15 is 0 Å². The van der Waals surface area contributed by atoms with E-state index in [1.54, 1.807) is 24.3 Å². The maximum atomic E-state index is 11.3. The largest absolute Gasteiger partial charge is 1.00 e. The fourth-order valence-electron chi connectivity index (χ4n) is 4.31. The summed E-state index contributed by atoms with van der Waals surface area (Å²) >= 11 is 0. The Hall–Kier alpha value is -1.74. The summed E-state index contributed by atoms with van der Waals surface area (Å²) < 4.78 is 67.9. The van der Waals surface area contributed by atoms with Gasteiger partial charge in [-0.1, -0.05) is 36.4 Å². The number of hydrogen-bond donors (Lipinski definition) is 0. The first kappa shape index (κ1) is 33.5. The smallest absolute Gasteiger partial charge is 0.744 e. The van der Waals surface area contributed by atoms with Gasteiger partial charge in [-0.05, 0) is 72.5 Å². The predicted octanol–water partition coefficient (Wildman–Crippen LogP) is -2.27. The third-order valence-electron chi connectivity index (χ3n) is 5.92.